The molecular formula is C20H22N4O5S2. The van der Waals surface area contributed by atoms with Crippen molar-refractivity contribution in [1.29, 1.82) is 0 Å². The van der Waals surface area contributed by atoms with Gasteiger partial charge in [0.15, 0.2) is 0 Å². The van der Waals surface area contributed by atoms with Gasteiger partial charge in [0.05, 0.1) is 23.8 Å². The number of amides is 1. The fourth-order valence-electron chi connectivity index (χ4n) is 3.20. The van der Waals surface area contributed by atoms with E-state index in [1.165, 1.54) is 17.4 Å². The fraction of sp³-hybridized carbons (Fsp3) is 0.350. The van der Waals surface area contributed by atoms with Gasteiger partial charge in [-0.05, 0) is 44.0 Å². The molecule has 3 aromatic rings. The number of hydrogen-bond acceptors (Lipinski definition) is 8. The molecule has 1 aromatic carbocycles. The van der Waals surface area contributed by atoms with E-state index in [9.17, 15) is 13.2 Å². The number of sulfonamides is 1. The monoisotopic (exact) mass is 462 g/mol. The van der Waals surface area contributed by atoms with Crippen molar-refractivity contribution < 1.29 is 22.5 Å². The highest BCUT2D eigenvalue weighted by molar-refractivity contribution is 7.93. The maximum Gasteiger partial charge on any atom is 0.316 e. The van der Waals surface area contributed by atoms with Gasteiger partial charge >= 0.3 is 11.8 Å². The van der Waals surface area contributed by atoms with Gasteiger partial charge in [0.2, 0.25) is 5.82 Å². The Labute approximate surface area is 184 Å². The van der Waals surface area contributed by atoms with Crippen molar-refractivity contribution in [3.63, 3.8) is 0 Å². The molecule has 1 saturated heterocycles. The quantitative estimate of drug-likeness (QED) is 0.620. The summed E-state index contributed by atoms with van der Waals surface area (Å²) >= 11 is 1.22. The third-order valence-corrected chi connectivity index (χ3v) is 7.59. The van der Waals surface area contributed by atoms with Crippen LogP contribution >= 0.6 is 11.3 Å². The number of rotatable bonds is 5. The molecule has 0 atom stereocenters. The van der Waals surface area contributed by atoms with E-state index in [0.717, 1.165) is 11.1 Å². The van der Waals surface area contributed by atoms with Crippen molar-refractivity contribution >= 4 is 33.0 Å². The highest BCUT2D eigenvalue weighted by Crippen LogP contribution is 2.33. The summed E-state index contributed by atoms with van der Waals surface area (Å²) in [5.74, 6) is -0.307. The van der Waals surface area contributed by atoms with Crippen molar-refractivity contribution in [3.05, 3.63) is 46.2 Å². The SMILES string of the molecule is Cc1ccc(C)c(NS(=O)(=O)c2cc(-c3noc(C(=O)N4CCOCC4)n3)sc2C)c1. The second-order valence-corrected chi connectivity index (χ2v) is 10.2. The Hall–Kier alpha value is -2.76. The number of carbonyl (C=O) groups is 1. The Morgan fingerprint density at radius 3 is 2.65 bits per heavy atom. The minimum atomic E-state index is -3.81. The Kier molecular flexibility index (Phi) is 5.82. The first-order valence-electron chi connectivity index (χ1n) is 9.66. The number of thiophene rings is 1. The smallest absolute Gasteiger partial charge is 0.316 e. The number of aryl methyl sites for hydroxylation is 3. The van der Waals surface area contributed by atoms with E-state index in [-0.39, 0.29) is 22.5 Å². The molecule has 1 aliphatic heterocycles. The third-order valence-electron chi connectivity index (χ3n) is 4.93. The van der Waals surface area contributed by atoms with Crippen LogP contribution in [0, 0.1) is 20.8 Å². The third kappa shape index (κ3) is 4.48. The second kappa shape index (κ2) is 8.40. The van der Waals surface area contributed by atoms with E-state index in [4.69, 9.17) is 9.26 Å². The van der Waals surface area contributed by atoms with Crippen molar-refractivity contribution in [2.24, 2.45) is 0 Å². The Morgan fingerprint density at radius 2 is 1.90 bits per heavy atom. The average Bonchev–Trinajstić information content (AvgIpc) is 3.38. The lowest BCUT2D eigenvalue weighted by Crippen LogP contribution is -2.40. The molecule has 0 spiro atoms. The van der Waals surface area contributed by atoms with Crippen LogP contribution in [0.25, 0.3) is 10.7 Å². The molecule has 2 aromatic heterocycles. The summed E-state index contributed by atoms with van der Waals surface area (Å²) in [5.41, 5.74) is 2.31. The van der Waals surface area contributed by atoms with Gasteiger partial charge in [0.1, 0.15) is 4.90 Å². The van der Waals surface area contributed by atoms with Gasteiger partial charge in [-0.25, -0.2) is 8.42 Å². The molecule has 0 radical (unpaired) electrons. The summed E-state index contributed by atoms with van der Waals surface area (Å²) in [4.78, 5) is 19.5. The van der Waals surface area contributed by atoms with E-state index in [1.807, 2.05) is 26.0 Å². The highest BCUT2D eigenvalue weighted by atomic mass is 32.2. The number of hydrogen-bond donors (Lipinski definition) is 1. The molecule has 1 N–H and O–H groups in total. The summed E-state index contributed by atoms with van der Waals surface area (Å²) in [6.07, 6.45) is 0. The molecule has 0 saturated carbocycles. The number of nitrogens with one attached hydrogen (secondary N) is 1. The Morgan fingerprint density at radius 1 is 1.16 bits per heavy atom. The van der Waals surface area contributed by atoms with E-state index in [2.05, 4.69) is 14.9 Å². The standard InChI is InChI=1S/C20H22N4O5S2/c1-12-4-5-13(2)15(10-12)23-31(26,27)17-11-16(30-14(17)3)18-21-19(29-22-18)20(25)24-6-8-28-9-7-24/h4-5,10-11,23H,6-9H2,1-3H3. The average molecular weight is 463 g/mol. The maximum atomic E-state index is 13.0. The summed E-state index contributed by atoms with van der Waals surface area (Å²) in [7, 11) is -3.81. The number of carbonyl (C=O) groups excluding carboxylic acids is 1. The molecule has 9 nitrogen and oxygen atoms in total. The predicted octanol–water partition coefficient (Wildman–Crippen LogP) is 3.00. The molecule has 31 heavy (non-hydrogen) atoms. The summed E-state index contributed by atoms with van der Waals surface area (Å²) in [6.45, 7) is 7.30. The minimum Gasteiger partial charge on any atom is -0.378 e. The van der Waals surface area contributed by atoms with Crippen molar-refractivity contribution in [3.8, 4) is 10.7 Å². The van der Waals surface area contributed by atoms with Gasteiger partial charge in [-0.3, -0.25) is 9.52 Å². The van der Waals surface area contributed by atoms with Crippen LogP contribution in [-0.2, 0) is 14.8 Å². The van der Waals surface area contributed by atoms with E-state index >= 15 is 0 Å². The fourth-order valence-corrected chi connectivity index (χ4v) is 5.84. The highest BCUT2D eigenvalue weighted by Gasteiger charge is 2.27. The first kappa shape index (κ1) is 21.5. The van der Waals surface area contributed by atoms with Gasteiger partial charge in [0, 0.05) is 18.0 Å². The van der Waals surface area contributed by atoms with Crippen LogP contribution in [0.4, 0.5) is 5.69 Å². The first-order valence-corrected chi connectivity index (χ1v) is 12.0. The largest absolute Gasteiger partial charge is 0.378 e. The molecule has 164 valence electrons. The van der Waals surface area contributed by atoms with Crippen LogP contribution in [-0.4, -0.2) is 55.7 Å². The molecule has 1 fully saturated rings. The molecule has 4 rings (SSSR count). The molecule has 1 aliphatic rings. The van der Waals surface area contributed by atoms with Crippen molar-refractivity contribution in [2.45, 2.75) is 25.7 Å². The lowest BCUT2D eigenvalue weighted by atomic mass is 10.1. The number of benzene rings is 1. The predicted molar refractivity (Wildman–Crippen MR) is 116 cm³/mol. The van der Waals surface area contributed by atoms with Crippen molar-refractivity contribution in [1.82, 2.24) is 15.0 Å². The normalized spacial score (nSPS) is 14.6. The van der Waals surface area contributed by atoms with Crippen LogP contribution in [0.1, 0.15) is 26.7 Å². The molecule has 0 unspecified atom stereocenters. The number of ether oxygens (including phenoxy) is 1. The molecule has 3 heterocycles. The topological polar surface area (TPSA) is 115 Å². The Bertz CT molecular complexity index is 1230. The van der Waals surface area contributed by atoms with Gasteiger partial charge in [-0.2, -0.15) is 4.98 Å². The zero-order valence-electron chi connectivity index (χ0n) is 17.3. The molecular weight excluding hydrogens is 440 g/mol. The number of nitrogens with zero attached hydrogens (tertiary/aromatic N) is 3. The van der Waals surface area contributed by atoms with Gasteiger partial charge in [-0.15, -0.1) is 11.3 Å². The van der Waals surface area contributed by atoms with E-state index < -0.39 is 10.0 Å². The summed E-state index contributed by atoms with van der Waals surface area (Å²) in [6, 6.07) is 7.08. The van der Waals surface area contributed by atoms with Gasteiger partial charge in [-0.1, -0.05) is 17.3 Å². The van der Waals surface area contributed by atoms with E-state index in [1.54, 1.807) is 17.9 Å². The minimum absolute atomic E-state index is 0.124. The maximum absolute atomic E-state index is 13.0. The molecule has 0 bridgehead atoms. The Balaban J connectivity index is 1.58. The van der Waals surface area contributed by atoms with Crippen LogP contribution in [0.5, 0.6) is 0 Å². The number of morpholine rings is 1. The van der Waals surface area contributed by atoms with E-state index in [0.29, 0.717) is 41.7 Å². The molecule has 0 aliphatic carbocycles. The van der Waals surface area contributed by atoms with Crippen LogP contribution in [0.15, 0.2) is 33.7 Å². The second-order valence-electron chi connectivity index (χ2n) is 7.28. The summed E-state index contributed by atoms with van der Waals surface area (Å²) < 4.78 is 39.1. The van der Waals surface area contributed by atoms with Crippen molar-refractivity contribution in [2.75, 3.05) is 31.0 Å². The number of aromatic nitrogens is 2. The van der Waals surface area contributed by atoms with Crippen LogP contribution < -0.4 is 4.72 Å². The summed E-state index contributed by atoms with van der Waals surface area (Å²) in [5, 5.41) is 3.88. The zero-order valence-corrected chi connectivity index (χ0v) is 19.0. The van der Waals surface area contributed by atoms with Crippen LogP contribution in [0.2, 0.25) is 0 Å². The molecule has 11 heteroatoms. The van der Waals surface area contributed by atoms with Gasteiger partial charge < -0.3 is 14.2 Å². The van der Waals surface area contributed by atoms with Crippen LogP contribution in [0.3, 0.4) is 0 Å². The lowest BCUT2D eigenvalue weighted by Gasteiger charge is -2.25. The molecule has 1 amide bonds. The first-order chi connectivity index (χ1) is 14.7. The van der Waals surface area contributed by atoms with Gasteiger partial charge in [0.25, 0.3) is 10.0 Å². The lowest BCUT2D eigenvalue weighted by molar-refractivity contribution is 0.0272. The zero-order chi connectivity index (χ0) is 22.2. The number of anilines is 1.